The first kappa shape index (κ1) is 13.9. The van der Waals surface area contributed by atoms with Crippen LogP contribution in [-0.4, -0.2) is 34.6 Å². The normalized spacial score (nSPS) is 10.2. The van der Waals surface area contributed by atoms with Crippen molar-refractivity contribution in [3.8, 4) is 0 Å². The summed E-state index contributed by atoms with van der Waals surface area (Å²) >= 11 is 0. The number of carbonyl (C=O) groups is 1. The van der Waals surface area contributed by atoms with E-state index in [0.717, 1.165) is 13.0 Å². The lowest BCUT2D eigenvalue weighted by atomic mass is 10.1. The second kappa shape index (κ2) is 6.55. The molecular formula is C13H17N5O2. The minimum absolute atomic E-state index is 0.406. The van der Waals surface area contributed by atoms with Crippen LogP contribution in [0.5, 0.6) is 0 Å². The van der Waals surface area contributed by atoms with Crippen molar-refractivity contribution in [3.05, 3.63) is 36.2 Å². The van der Waals surface area contributed by atoms with Gasteiger partial charge in [0.1, 0.15) is 0 Å². The number of ether oxygens (including phenoxy) is 1. The molecule has 7 nitrogen and oxygen atoms in total. The molecule has 0 unspecified atom stereocenters. The molecule has 2 aromatic rings. The van der Waals surface area contributed by atoms with E-state index in [1.807, 2.05) is 6.20 Å². The van der Waals surface area contributed by atoms with Gasteiger partial charge in [-0.15, -0.1) is 5.10 Å². The number of carbonyl (C=O) groups excluding carboxylic acids is 1. The molecule has 0 saturated heterocycles. The SMILES string of the molecule is COC(=O)c1cc(N)ccc1NCCCn1ccnn1. The van der Waals surface area contributed by atoms with E-state index in [1.165, 1.54) is 7.11 Å². The summed E-state index contributed by atoms with van der Waals surface area (Å²) in [7, 11) is 1.35. The maximum Gasteiger partial charge on any atom is 0.340 e. The highest BCUT2D eigenvalue weighted by atomic mass is 16.5. The number of rotatable bonds is 6. The highest BCUT2D eigenvalue weighted by Crippen LogP contribution is 2.19. The molecule has 1 aromatic carbocycles. The fraction of sp³-hybridized carbons (Fsp3) is 0.308. The van der Waals surface area contributed by atoms with Crippen molar-refractivity contribution >= 4 is 17.3 Å². The fourth-order valence-corrected chi connectivity index (χ4v) is 1.81. The molecule has 1 aromatic heterocycles. The van der Waals surface area contributed by atoms with Crippen LogP contribution in [0.4, 0.5) is 11.4 Å². The van der Waals surface area contributed by atoms with Crippen LogP contribution in [-0.2, 0) is 11.3 Å². The molecule has 0 bridgehead atoms. The Kier molecular flexibility index (Phi) is 4.54. The Hall–Kier alpha value is -2.57. The predicted molar refractivity (Wildman–Crippen MR) is 75.3 cm³/mol. The minimum Gasteiger partial charge on any atom is -0.465 e. The van der Waals surface area contributed by atoms with Crippen LogP contribution in [0.1, 0.15) is 16.8 Å². The Balaban J connectivity index is 1.93. The second-order valence-corrected chi connectivity index (χ2v) is 4.24. The van der Waals surface area contributed by atoms with Gasteiger partial charge in [-0.3, -0.25) is 4.68 Å². The lowest BCUT2D eigenvalue weighted by Gasteiger charge is -2.11. The van der Waals surface area contributed by atoms with Crippen molar-refractivity contribution < 1.29 is 9.53 Å². The Morgan fingerprint density at radius 1 is 1.50 bits per heavy atom. The van der Waals surface area contributed by atoms with Crippen molar-refractivity contribution in [1.29, 1.82) is 0 Å². The van der Waals surface area contributed by atoms with Crippen LogP contribution in [0, 0.1) is 0 Å². The second-order valence-electron chi connectivity index (χ2n) is 4.24. The van der Waals surface area contributed by atoms with Gasteiger partial charge >= 0.3 is 5.97 Å². The number of nitrogens with one attached hydrogen (secondary N) is 1. The van der Waals surface area contributed by atoms with Crippen molar-refractivity contribution in [3.63, 3.8) is 0 Å². The average molecular weight is 275 g/mol. The summed E-state index contributed by atoms with van der Waals surface area (Å²) < 4.78 is 6.50. The first-order valence-electron chi connectivity index (χ1n) is 6.26. The summed E-state index contributed by atoms with van der Waals surface area (Å²) in [5.41, 5.74) is 7.36. The number of anilines is 2. The number of hydrogen-bond acceptors (Lipinski definition) is 6. The van der Waals surface area contributed by atoms with Crippen LogP contribution < -0.4 is 11.1 Å². The van der Waals surface area contributed by atoms with Gasteiger partial charge in [0.25, 0.3) is 0 Å². The quantitative estimate of drug-likeness (QED) is 0.466. The third kappa shape index (κ3) is 3.47. The Morgan fingerprint density at radius 2 is 2.35 bits per heavy atom. The molecule has 0 aliphatic heterocycles. The van der Waals surface area contributed by atoms with E-state index in [9.17, 15) is 4.79 Å². The number of benzene rings is 1. The fourth-order valence-electron chi connectivity index (χ4n) is 1.81. The number of methoxy groups -OCH3 is 1. The molecule has 1 heterocycles. The third-order valence-electron chi connectivity index (χ3n) is 2.80. The monoisotopic (exact) mass is 275 g/mol. The third-order valence-corrected chi connectivity index (χ3v) is 2.80. The summed E-state index contributed by atoms with van der Waals surface area (Å²) in [4.78, 5) is 11.7. The Morgan fingerprint density at radius 3 is 3.05 bits per heavy atom. The van der Waals surface area contributed by atoms with Gasteiger partial charge in [0.05, 0.1) is 18.9 Å². The smallest absolute Gasteiger partial charge is 0.340 e. The van der Waals surface area contributed by atoms with E-state index < -0.39 is 5.97 Å². The number of nitrogens with two attached hydrogens (primary N) is 1. The van der Waals surface area contributed by atoms with E-state index in [0.29, 0.717) is 23.5 Å². The zero-order valence-corrected chi connectivity index (χ0v) is 11.2. The molecule has 0 saturated carbocycles. The predicted octanol–water partition coefficient (Wildman–Crippen LogP) is 1.15. The topological polar surface area (TPSA) is 95.1 Å². The molecule has 0 radical (unpaired) electrons. The van der Waals surface area contributed by atoms with Gasteiger partial charge in [-0.1, -0.05) is 5.21 Å². The summed E-state index contributed by atoms with van der Waals surface area (Å²) in [5, 5.41) is 10.8. The van der Waals surface area contributed by atoms with Crippen LogP contribution in [0.3, 0.4) is 0 Å². The maximum atomic E-state index is 11.7. The maximum absolute atomic E-state index is 11.7. The van der Waals surface area contributed by atoms with Crippen LogP contribution in [0.2, 0.25) is 0 Å². The number of hydrogen-bond donors (Lipinski definition) is 2. The van der Waals surface area contributed by atoms with Gasteiger partial charge in [-0.25, -0.2) is 4.79 Å². The Bertz CT molecular complexity index is 568. The van der Waals surface area contributed by atoms with Gasteiger partial charge in [0, 0.05) is 30.7 Å². The minimum atomic E-state index is -0.406. The van der Waals surface area contributed by atoms with E-state index in [-0.39, 0.29) is 0 Å². The lowest BCUT2D eigenvalue weighted by molar-refractivity contribution is 0.0602. The lowest BCUT2D eigenvalue weighted by Crippen LogP contribution is -2.11. The molecule has 7 heteroatoms. The van der Waals surface area contributed by atoms with Crippen molar-refractivity contribution in [2.24, 2.45) is 0 Å². The number of nitrogen functional groups attached to an aromatic ring is 1. The number of nitrogens with zero attached hydrogens (tertiary/aromatic N) is 3. The molecular weight excluding hydrogens is 258 g/mol. The highest BCUT2D eigenvalue weighted by molar-refractivity contribution is 5.96. The van der Waals surface area contributed by atoms with E-state index in [1.54, 1.807) is 29.1 Å². The summed E-state index contributed by atoms with van der Waals surface area (Å²) in [5.74, 6) is -0.406. The summed E-state index contributed by atoms with van der Waals surface area (Å²) in [6.45, 7) is 1.46. The van der Waals surface area contributed by atoms with Gasteiger partial charge in [0.15, 0.2) is 0 Å². The zero-order chi connectivity index (χ0) is 14.4. The van der Waals surface area contributed by atoms with Crippen molar-refractivity contribution in [2.45, 2.75) is 13.0 Å². The highest BCUT2D eigenvalue weighted by Gasteiger charge is 2.11. The van der Waals surface area contributed by atoms with E-state index >= 15 is 0 Å². The van der Waals surface area contributed by atoms with Gasteiger partial charge < -0.3 is 15.8 Å². The van der Waals surface area contributed by atoms with Gasteiger partial charge in [-0.2, -0.15) is 0 Å². The van der Waals surface area contributed by atoms with Crippen LogP contribution in [0.15, 0.2) is 30.6 Å². The van der Waals surface area contributed by atoms with Crippen molar-refractivity contribution in [1.82, 2.24) is 15.0 Å². The molecule has 20 heavy (non-hydrogen) atoms. The van der Waals surface area contributed by atoms with Gasteiger partial charge in [0.2, 0.25) is 0 Å². The Labute approximate surface area is 116 Å². The standard InChI is InChI=1S/C13H17N5O2/c1-20-13(19)11-9-10(14)3-4-12(11)15-5-2-7-18-8-6-16-17-18/h3-4,6,8-9,15H,2,5,7,14H2,1H3. The molecule has 0 fully saturated rings. The van der Waals surface area contributed by atoms with E-state index in [4.69, 9.17) is 10.5 Å². The molecule has 106 valence electrons. The first-order valence-corrected chi connectivity index (χ1v) is 6.26. The molecule has 0 amide bonds. The molecule has 0 atom stereocenters. The molecule has 0 aliphatic rings. The molecule has 0 spiro atoms. The number of esters is 1. The summed E-state index contributed by atoms with van der Waals surface area (Å²) in [6, 6.07) is 5.12. The van der Waals surface area contributed by atoms with Gasteiger partial charge in [-0.05, 0) is 24.6 Å². The zero-order valence-electron chi connectivity index (χ0n) is 11.2. The molecule has 0 aliphatic carbocycles. The largest absolute Gasteiger partial charge is 0.465 e. The van der Waals surface area contributed by atoms with Crippen LogP contribution >= 0.6 is 0 Å². The molecule has 3 N–H and O–H groups in total. The first-order chi connectivity index (χ1) is 9.70. The average Bonchev–Trinajstić information content (AvgIpc) is 2.97. The molecule has 2 rings (SSSR count). The summed E-state index contributed by atoms with van der Waals surface area (Å²) in [6.07, 6.45) is 4.31. The van der Waals surface area contributed by atoms with E-state index in [2.05, 4.69) is 15.6 Å². The number of aromatic nitrogens is 3. The number of aryl methyl sites for hydroxylation is 1. The van der Waals surface area contributed by atoms with Crippen molar-refractivity contribution in [2.75, 3.05) is 24.7 Å². The van der Waals surface area contributed by atoms with Crippen LogP contribution in [0.25, 0.3) is 0 Å².